The van der Waals surface area contributed by atoms with E-state index >= 15 is 0 Å². The summed E-state index contributed by atoms with van der Waals surface area (Å²) in [6, 6.07) is -0.168. The number of aliphatic carboxylic acids is 1. The van der Waals surface area contributed by atoms with E-state index in [4.69, 9.17) is 22.1 Å². The number of rotatable bonds is 1. The van der Waals surface area contributed by atoms with Crippen LogP contribution in [0, 0.1) is 12.3 Å². The minimum atomic E-state index is -5.08. The number of primary amides is 1. The van der Waals surface area contributed by atoms with Crippen molar-refractivity contribution in [2.75, 3.05) is 0 Å². The lowest BCUT2D eigenvalue weighted by Crippen LogP contribution is -2.39. The van der Waals surface area contributed by atoms with Crippen LogP contribution in [0.4, 0.5) is 13.2 Å². The van der Waals surface area contributed by atoms with Crippen LogP contribution in [0.25, 0.3) is 0 Å². The van der Waals surface area contributed by atoms with Gasteiger partial charge >= 0.3 is 12.1 Å². The number of halogens is 3. The number of hydrogen-bond acceptors (Lipinski definition) is 3. The molecule has 5 nitrogen and oxygen atoms in total. The van der Waals surface area contributed by atoms with Crippen LogP contribution in [0.3, 0.4) is 0 Å². The Balaban J connectivity index is 0.000000325. The minimum absolute atomic E-state index is 0.0394. The lowest BCUT2D eigenvalue weighted by molar-refractivity contribution is -0.192. The summed E-state index contributed by atoms with van der Waals surface area (Å²) in [5, 5.41) is 10.1. The predicted molar refractivity (Wildman–Crippen MR) is 51.7 cm³/mol. The molecule has 96 valence electrons. The molecule has 2 unspecified atom stereocenters. The standard InChI is InChI=1S/C7H10N2O.C2HF3O2/c1-2-5-3-4-6(9-5)7(8)10;3-2(4,5)1(6)7/h1,5-6,9H,3-4H2,(H2,8,10);(H,6,7). The Labute approximate surface area is 95.2 Å². The zero-order valence-corrected chi connectivity index (χ0v) is 8.62. The normalized spacial score (nSPS) is 23.2. The smallest absolute Gasteiger partial charge is 0.475 e. The number of carboxylic acids is 1. The highest BCUT2D eigenvalue weighted by atomic mass is 19.4. The lowest BCUT2D eigenvalue weighted by Gasteiger charge is -2.04. The summed E-state index contributed by atoms with van der Waals surface area (Å²) < 4.78 is 31.7. The van der Waals surface area contributed by atoms with Crippen molar-refractivity contribution in [2.24, 2.45) is 5.73 Å². The lowest BCUT2D eigenvalue weighted by atomic mass is 10.2. The van der Waals surface area contributed by atoms with Gasteiger partial charge in [-0.2, -0.15) is 13.2 Å². The maximum Gasteiger partial charge on any atom is 0.490 e. The molecule has 0 aromatic heterocycles. The molecule has 0 aliphatic carbocycles. The molecule has 0 bridgehead atoms. The first-order chi connectivity index (χ1) is 7.68. The van der Waals surface area contributed by atoms with Crippen LogP contribution in [0.5, 0.6) is 0 Å². The number of amides is 1. The summed E-state index contributed by atoms with van der Waals surface area (Å²) in [5.74, 6) is -0.535. The van der Waals surface area contributed by atoms with E-state index in [0.717, 1.165) is 12.8 Å². The second kappa shape index (κ2) is 6.10. The first-order valence-corrected chi connectivity index (χ1v) is 4.50. The molecule has 1 fully saturated rings. The Morgan fingerprint density at radius 1 is 1.41 bits per heavy atom. The summed E-state index contributed by atoms with van der Waals surface area (Å²) in [6.07, 6.45) is 1.67. The van der Waals surface area contributed by atoms with Crippen molar-refractivity contribution in [3.8, 4) is 12.3 Å². The minimum Gasteiger partial charge on any atom is -0.475 e. The fourth-order valence-corrected chi connectivity index (χ4v) is 1.10. The van der Waals surface area contributed by atoms with Gasteiger partial charge in [-0.3, -0.25) is 10.1 Å². The molecule has 1 saturated heterocycles. The number of hydrogen-bond donors (Lipinski definition) is 3. The highest BCUT2D eigenvalue weighted by Gasteiger charge is 2.38. The average molecular weight is 252 g/mol. The van der Waals surface area contributed by atoms with Crippen molar-refractivity contribution in [1.82, 2.24) is 5.32 Å². The second-order valence-corrected chi connectivity index (χ2v) is 3.22. The Hall–Kier alpha value is -1.75. The van der Waals surface area contributed by atoms with Crippen molar-refractivity contribution >= 4 is 11.9 Å². The van der Waals surface area contributed by atoms with E-state index in [1.165, 1.54) is 0 Å². The van der Waals surface area contributed by atoms with Crippen LogP contribution in [-0.2, 0) is 9.59 Å². The molecule has 4 N–H and O–H groups in total. The first-order valence-electron chi connectivity index (χ1n) is 4.50. The van der Waals surface area contributed by atoms with E-state index < -0.39 is 12.1 Å². The molecular weight excluding hydrogens is 241 g/mol. The number of terminal acetylenes is 1. The SMILES string of the molecule is C#CC1CCC(C(N)=O)N1.O=C(O)C(F)(F)F. The van der Waals surface area contributed by atoms with Crippen LogP contribution in [0.1, 0.15) is 12.8 Å². The highest BCUT2D eigenvalue weighted by Crippen LogP contribution is 2.13. The molecular formula is C9H11F3N2O3. The van der Waals surface area contributed by atoms with Gasteiger partial charge < -0.3 is 10.8 Å². The van der Waals surface area contributed by atoms with E-state index in [1.807, 2.05) is 0 Å². The van der Waals surface area contributed by atoms with Gasteiger partial charge in [0.1, 0.15) is 0 Å². The molecule has 2 atom stereocenters. The molecule has 17 heavy (non-hydrogen) atoms. The second-order valence-electron chi connectivity index (χ2n) is 3.22. The number of carboxylic acid groups (broad SMARTS) is 1. The van der Waals surface area contributed by atoms with Gasteiger partial charge in [-0.25, -0.2) is 4.79 Å². The van der Waals surface area contributed by atoms with Gasteiger partial charge in [0.2, 0.25) is 5.91 Å². The summed E-state index contributed by atoms with van der Waals surface area (Å²) >= 11 is 0. The van der Waals surface area contributed by atoms with Gasteiger partial charge in [-0.05, 0) is 12.8 Å². The summed E-state index contributed by atoms with van der Waals surface area (Å²) in [5.41, 5.74) is 5.04. The third-order valence-corrected chi connectivity index (χ3v) is 1.93. The topological polar surface area (TPSA) is 92.4 Å². The molecule has 0 spiro atoms. The number of alkyl halides is 3. The van der Waals surface area contributed by atoms with Crippen LogP contribution in [0.2, 0.25) is 0 Å². The predicted octanol–water partition coefficient (Wildman–Crippen LogP) is -0.141. The Morgan fingerprint density at radius 3 is 2.06 bits per heavy atom. The third-order valence-electron chi connectivity index (χ3n) is 1.93. The van der Waals surface area contributed by atoms with Gasteiger partial charge in [0.25, 0.3) is 0 Å². The molecule has 0 saturated carbocycles. The first kappa shape index (κ1) is 15.2. The number of nitrogens with one attached hydrogen (secondary N) is 1. The average Bonchev–Trinajstić information content (AvgIpc) is 2.65. The van der Waals surface area contributed by atoms with Crippen LogP contribution >= 0.6 is 0 Å². The van der Waals surface area contributed by atoms with E-state index in [2.05, 4.69) is 11.2 Å². The molecule has 1 aliphatic rings. The molecule has 1 amide bonds. The molecule has 0 aromatic rings. The van der Waals surface area contributed by atoms with Crippen LogP contribution in [-0.4, -0.2) is 35.2 Å². The maximum absolute atomic E-state index is 10.6. The number of carbonyl (C=O) groups excluding carboxylic acids is 1. The van der Waals surface area contributed by atoms with Crippen LogP contribution in [0.15, 0.2) is 0 Å². The van der Waals surface area contributed by atoms with Gasteiger partial charge in [-0.15, -0.1) is 6.42 Å². The Kier molecular flexibility index (Phi) is 5.47. The molecule has 0 radical (unpaired) electrons. The number of nitrogens with two attached hydrogens (primary N) is 1. The van der Waals surface area contributed by atoms with Crippen molar-refractivity contribution < 1.29 is 27.9 Å². The number of carbonyl (C=O) groups is 2. The van der Waals surface area contributed by atoms with E-state index in [9.17, 15) is 18.0 Å². The van der Waals surface area contributed by atoms with E-state index in [0.29, 0.717) is 0 Å². The summed E-state index contributed by atoms with van der Waals surface area (Å²) in [6.45, 7) is 0. The zero-order valence-electron chi connectivity index (χ0n) is 8.62. The van der Waals surface area contributed by atoms with Gasteiger partial charge in [0.15, 0.2) is 0 Å². The summed E-state index contributed by atoms with van der Waals surface area (Å²) in [4.78, 5) is 19.5. The molecule has 8 heteroatoms. The van der Waals surface area contributed by atoms with Crippen molar-refractivity contribution in [2.45, 2.75) is 31.1 Å². The van der Waals surface area contributed by atoms with Gasteiger partial charge in [0.05, 0.1) is 12.1 Å². The third kappa shape index (κ3) is 5.77. The van der Waals surface area contributed by atoms with E-state index in [1.54, 1.807) is 0 Å². The van der Waals surface area contributed by atoms with E-state index in [-0.39, 0.29) is 18.0 Å². The quantitative estimate of drug-likeness (QED) is 0.566. The Bertz CT molecular complexity index is 335. The Morgan fingerprint density at radius 2 is 1.88 bits per heavy atom. The molecule has 1 heterocycles. The van der Waals surface area contributed by atoms with Crippen molar-refractivity contribution in [1.29, 1.82) is 0 Å². The fraction of sp³-hybridized carbons (Fsp3) is 0.556. The van der Waals surface area contributed by atoms with Gasteiger partial charge in [-0.1, -0.05) is 5.92 Å². The fourth-order valence-electron chi connectivity index (χ4n) is 1.10. The largest absolute Gasteiger partial charge is 0.490 e. The zero-order chi connectivity index (χ0) is 13.6. The van der Waals surface area contributed by atoms with Gasteiger partial charge in [0, 0.05) is 0 Å². The molecule has 1 aliphatic heterocycles. The molecule has 0 aromatic carbocycles. The highest BCUT2D eigenvalue weighted by molar-refractivity contribution is 5.80. The monoisotopic (exact) mass is 252 g/mol. The van der Waals surface area contributed by atoms with Crippen LogP contribution < -0.4 is 11.1 Å². The van der Waals surface area contributed by atoms with Crippen molar-refractivity contribution in [3.05, 3.63) is 0 Å². The van der Waals surface area contributed by atoms with Crippen molar-refractivity contribution in [3.63, 3.8) is 0 Å². The molecule has 1 rings (SSSR count). The summed E-state index contributed by atoms with van der Waals surface area (Å²) in [7, 11) is 0. The maximum atomic E-state index is 10.6.